The van der Waals surface area contributed by atoms with Crippen LogP contribution < -0.4 is 20.1 Å². The number of carbonyl (C=O) groups is 1. The van der Waals surface area contributed by atoms with E-state index in [1.807, 2.05) is 13.8 Å². The molecule has 0 bridgehead atoms. The van der Waals surface area contributed by atoms with E-state index in [0.717, 1.165) is 9.88 Å². The molecule has 0 atom stereocenters. The summed E-state index contributed by atoms with van der Waals surface area (Å²) in [5.41, 5.74) is 0.641. The molecular formula is C15H19N3O3S. The number of methoxy groups -OCH3 is 1. The Bertz CT molecular complexity index is 643. The van der Waals surface area contributed by atoms with Crippen LogP contribution in [0.2, 0.25) is 0 Å². The monoisotopic (exact) mass is 321 g/mol. The molecule has 6 nitrogen and oxygen atoms in total. The van der Waals surface area contributed by atoms with Crippen molar-refractivity contribution in [2.75, 3.05) is 19.0 Å². The Labute approximate surface area is 133 Å². The van der Waals surface area contributed by atoms with Crippen molar-refractivity contribution in [2.45, 2.75) is 20.4 Å². The van der Waals surface area contributed by atoms with Gasteiger partial charge in [0.05, 0.1) is 25.3 Å². The molecule has 0 aliphatic carbocycles. The van der Waals surface area contributed by atoms with Crippen LogP contribution in [0.4, 0.5) is 10.5 Å². The topological polar surface area (TPSA) is 72.5 Å². The highest BCUT2D eigenvalue weighted by atomic mass is 32.1. The van der Waals surface area contributed by atoms with E-state index in [1.54, 1.807) is 42.8 Å². The predicted octanol–water partition coefficient (Wildman–Crippen LogP) is 3.18. The summed E-state index contributed by atoms with van der Waals surface area (Å²) >= 11 is 1.56. The predicted molar refractivity (Wildman–Crippen MR) is 86.9 cm³/mol. The SMILES string of the molecule is CCOc1cc(NC(=O)NCc2cnc(C)s2)ccc1OC. The molecule has 0 saturated carbocycles. The molecule has 1 aromatic heterocycles. The maximum Gasteiger partial charge on any atom is 0.319 e. The third-order valence-corrected chi connectivity index (χ3v) is 3.73. The van der Waals surface area contributed by atoms with Crippen molar-refractivity contribution in [2.24, 2.45) is 0 Å². The Kier molecular flexibility index (Phi) is 5.60. The number of nitrogens with one attached hydrogen (secondary N) is 2. The molecule has 1 aromatic carbocycles. The molecule has 118 valence electrons. The number of aromatic nitrogens is 1. The number of ether oxygens (including phenoxy) is 2. The van der Waals surface area contributed by atoms with Gasteiger partial charge in [0, 0.05) is 22.8 Å². The third-order valence-electron chi connectivity index (χ3n) is 2.81. The van der Waals surface area contributed by atoms with Gasteiger partial charge < -0.3 is 20.1 Å². The van der Waals surface area contributed by atoms with E-state index in [2.05, 4.69) is 15.6 Å². The summed E-state index contributed by atoms with van der Waals surface area (Å²) < 4.78 is 10.7. The molecule has 0 radical (unpaired) electrons. The first kappa shape index (κ1) is 16.1. The van der Waals surface area contributed by atoms with Gasteiger partial charge in [-0.3, -0.25) is 0 Å². The second-order valence-corrected chi connectivity index (χ2v) is 5.77. The van der Waals surface area contributed by atoms with Gasteiger partial charge in [-0.25, -0.2) is 9.78 Å². The standard InChI is InChI=1S/C15H19N3O3S/c1-4-21-14-7-11(5-6-13(14)20-3)18-15(19)17-9-12-8-16-10(2)22-12/h5-8H,4,9H2,1-3H3,(H2,17,18,19). The summed E-state index contributed by atoms with van der Waals surface area (Å²) in [6.07, 6.45) is 1.76. The zero-order valence-corrected chi connectivity index (χ0v) is 13.6. The second-order valence-electron chi connectivity index (χ2n) is 4.45. The minimum absolute atomic E-state index is 0.279. The highest BCUT2D eigenvalue weighted by molar-refractivity contribution is 7.11. The van der Waals surface area contributed by atoms with Crippen LogP contribution in [0.5, 0.6) is 11.5 Å². The molecule has 0 saturated heterocycles. The molecule has 0 spiro atoms. The van der Waals surface area contributed by atoms with E-state index in [9.17, 15) is 4.79 Å². The molecule has 2 aromatic rings. The van der Waals surface area contributed by atoms with Crippen molar-refractivity contribution in [1.82, 2.24) is 10.3 Å². The number of anilines is 1. The van der Waals surface area contributed by atoms with Gasteiger partial charge >= 0.3 is 6.03 Å². The van der Waals surface area contributed by atoms with Crippen LogP contribution in [0, 0.1) is 6.92 Å². The minimum atomic E-state index is -0.279. The first-order chi connectivity index (χ1) is 10.6. The van der Waals surface area contributed by atoms with Crippen molar-refractivity contribution < 1.29 is 14.3 Å². The van der Waals surface area contributed by atoms with Crippen molar-refractivity contribution >= 4 is 23.1 Å². The van der Waals surface area contributed by atoms with Crippen LogP contribution in [0.1, 0.15) is 16.8 Å². The summed E-state index contributed by atoms with van der Waals surface area (Å²) in [5, 5.41) is 6.54. The normalized spacial score (nSPS) is 10.1. The number of carbonyl (C=O) groups excluding carboxylic acids is 1. The molecule has 7 heteroatoms. The van der Waals surface area contributed by atoms with Gasteiger partial charge in [0.15, 0.2) is 11.5 Å². The quantitative estimate of drug-likeness (QED) is 0.857. The number of hydrogen-bond donors (Lipinski definition) is 2. The molecule has 2 amide bonds. The van der Waals surface area contributed by atoms with Crippen LogP contribution in [0.3, 0.4) is 0 Å². The van der Waals surface area contributed by atoms with E-state index in [-0.39, 0.29) is 6.03 Å². The highest BCUT2D eigenvalue weighted by Crippen LogP contribution is 2.30. The van der Waals surface area contributed by atoms with Crippen LogP contribution in [0.15, 0.2) is 24.4 Å². The van der Waals surface area contributed by atoms with Gasteiger partial charge in [0.2, 0.25) is 0 Å². The lowest BCUT2D eigenvalue weighted by Crippen LogP contribution is -2.27. The fourth-order valence-electron chi connectivity index (χ4n) is 1.85. The smallest absolute Gasteiger partial charge is 0.319 e. The summed E-state index contributed by atoms with van der Waals surface area (Å²) in [6, 6.07) is 4.97. The van der Waals surface area contributed by atoms with Crippen LogP contribution >= 0.6 is 11.3 Å². The van der Waals surface area contributed by atoms with Gasteiger partial charge in [-0.05, 0) is 26.0 Å². The zero-order valence-electron chi connectivity index (χ0n) is 12.8. The van der Waals surface area contributed by atoms with Crippen molar-refractivity contribution in [3.8, 4) is 11.5 Å². The van der Waals surface area contributed by atoms with Crippen molar-refractivity contribution in [3.63, 3.8) is 0 Å². The lowest BCUT2D eigenvalue weighted by Gasteiger charge is -2.12. The van der Waals surface area contributed by atoms with Gasteiger partial charge in [-0.2, -0.15) is 0 Å². The fourth-order valence-corrected chi connectivity index (χ4v) is 2.59. The molecule has 0 unspecified atom stereocenters. The minimum Gasteiger partial charge on any atom is -0.493 e. The van der Waals surface area contributed by atoms with E-state index in [4.69, 9.17) is 9.47 Å². The number of nitrogens with zero attached hydrogens (tertiary/aromatic N) is 1. The van der Waals surface area contributed by atoms with Crippen molar-refractivity contribution in [1.29, 1.82) is 0 Å². The molecule has 2 rings (SSSR count). The number of thiazole rings is 1. The molecule has 1 heterocycles. The van der Waals surface area contributed by atoms with E-state index < -0.39 is 0 Å². The van der Waals surface area contributed by atoms with Crippen LogP contribution in [0.25, 0.3) is 0 Å². The number of benzene rings is 1. The Hall–Kier alpha value is -2.28. The summed E-state index contributed by atoms with van der Waals surface area (Å²) in [7, 11) is 1.58. The average Bonchev–Trinajstić information content (AvgIpc) is 2.91. The zero-order chi connectivity index (χ0) is 15.9. The summed E-state index contributed by atoms with van der Waals surface area (Å²) in [6.45, 7) is 4.80. The Balaban J connectivity index is 1.94. The van der Waals surface area contributed by atoms with Gasteiger partial charge in [-0.15, -0.1) is 11.3 Å². The number of hydrogen-bond acceptors (Lipinski definition) is 5. The molecule has 0 aliphatic heterocycles. The number of aryl methyl sites for hydroxylation is 1. The lowest BCUT2D eigenvalue weighted by atomic mass is 10.2. The maximum absolute atomic E-state index is 11.9. The van der Waals surface area contributed by atoms with Crippen LogP contribution in [-0.2, 0) is 6.54 Å². The molecule has 0 fully saturated rings. The van der Waals surface area contributed by atoms with E-state index in [0.29, 0.717) is 30.3 Å². The second kappa shape index (κ2) is 7.65. The Morgan fingerprint density at radius 2 is 2.18 bits per heavy atom. The third kappa shape index (κ3) is 4.36. The number of urea groups is 1. The molecule has 2 N–H and O–H groups in total. The van der Waals surface area contributed by atoms with Crippen LogP contribution in [-0.4, -0.2) is 24.7 Å². The summed E-state index contributed by atoms with van der Waals surface area (Å²) in [5.74, 6) is 1.23. The average molecular weight is 321 g/mol. The van der Waals surface area contributed by atoms with Crippen molar-refractivity contribution in [3.05, 3.63) is 34.3 Å². The Morgan fingerprint density at radius 1 is 1.36 bits per heavy atom. The maximum atomic E-state index is 11.9. The Morgan fingerprint density at radius 3 is 2.82 bits per heavy atom. The van der Waals surface area contributed by atoms with Gasteiger partial charge in [-0.1, -0.05) is 0 Å². The largest absolute Gasteiger partial charge is 0.493 e. The molecular weight excluding hydrogens is 302 g/mol. The van der Waals surface area contributed by atoms with Gasteiger partial charge in [0.1, 0.15) is 0 Å². The number of rotatable bonds is 6. The first-order valence-electron chi connectivity index (χ1n) is 6.89. The summed E-state index contributed by atoms with van der Waals surface area (Å²) in [4.78, 5) is 17.1. The molecule has 22 heavy (non-hydrogen) atoms. The lowest BCUT2D eigenvalue weighted by molar-refractivity contribution is 0.252. The van der Waals surface area contributed by atoms with Gasteiger partial charge in [0.25, 0.3) is 0 Å². The highest BCUT2D eigenvalue weighted by Gasteiger charge is 2.08. The van der Waals surface area contributed by atoms with E-state index in [1.165, 1.54) is 0 Å². The van der Waals surface area contributed by atoms with E-state index >= 15 is 0 Å². The fraction of sp³-hybridized carbons (Fsp3) is 0.333. The molecule has 0 aliphatic rings. The first-order valence-corrected chi connectivity index (χ1v) is 7.71. The number of amides is 2.